The van der Waals surface area contributed by atoms with E-state index in [0.717, 1.165) is 5.56 Å². The number of aliphatic hydroxyl groups is 1. The van der Waals surface area contributed by atoms with Gasteiger partial charge in [-0.25, -0.2) is 0 Å². The third kappa shape index (κ3) is 3.00. The van der Waals surface area contributed by atoms with E-state index in [9.17, 15) is 19.5 Å². The molecule has 0 spiro atoms. The second-order valence-corrected chi connectivity index (χ2v) is 5.43. The van der Waals surface area contributed by atoms with Crippen LogP contribution in [0.1, 0.15) is 19.4 Å². The van der Waals surface area contributed by atoms with E-state index >= 15 is 0 Å². The van der Waals surface area contributed by atoms with E-state index in [-0.39, 0.29) is 5.78 Å². The van der Waals surface area contributed by atoms with Crippen LogP contribution in [-0.2, 0) is 14.4 Å². The SMILES string of the molecule is CC1C(=O)C(C)C(O)C(C(=O)C=Cc2ccccc2)C1=O. The van der Waals surface area contributed by atoms with Gasteiger partial charge in [-0.2, -0.15) is 0 Å². The molecule has 1 aliphatic rings. The molecule has 4 atom stereocenters. The van der Waals surface area contributed by atoms with Crippen LogP contribution in [0.5, 0.6) is 0 Å². The quantitative estimate of drug-likeness (QED) is 0.677. The number of carbonyl (C=O) groups excluding carboxylic acids is 3. The van der Waals surface area contributed by atoms with E-state index in [4.69, 9.17) is 0 Å². The minimum Gasteiger partial charge on any atom is -0.391 e. The highest BCUT2D eigenvalue weighted by Gasteiger charge is 2.47. The fourth-order valence-electron chi connectivity index (χ4n) is 2.58. The van der Waals surface area contributed by atoms with E-state index in [1.165, 1.54) is 13.0 Å². The summed E-state index contributed by atoms with van der Waals surface area (Å²) in [6.07, 6.45) is 1.67. The van der Waals surface area contributed by atoms with E-state index in [0.29, 0.717) is 0 Å². The Kier molecular flexibility index (Phi) is 4.48. The second-order valence-electron chi connectivity index (χ2n) is 5.43. The Morgan fingerprint density at radius 3 is 2.33 bits per heavy atom. The lowest BCUT2D eigenvalue weighted by atomic mass is 9.71. The summed E-state index contributed by atoms with van der Waals surface area (Å²) < 4.78 is 0. The van der Waals surface area contributed by atoms with Crippen molar-refractivity contribution in [3.63, 3.8) is 0 Å². The molecule has 1 aliphatic carbocycles. The molecule has 1 aromatic carbocycles. The first-order valence-corrected chi connectivity index (χ1v) is 6.96. The number of rotatable bonds is 3. The van der Waals surface area contributed by atoms with Crippen LogP contribution in [-0.4, -0.2) is 28.6 Å². The van der Waals surface area contributed by atoms with Crippen molar-refractivity contribution in [1.29, 1.82) is 0 Å². The molecule has 0 heterocycles. The first kappa shape index (κ1) is 15.3. The third-order valence-corrected chi connectivity index (χ3v) is 4.01. The summed E-state index contributed by atoms with van der Waals surface area (Å²) >= 11 is 0. The van der Waals surface area contributed by atoms with E-state index in [1.54, 1.807) is 13.0 Å². The number of benzene rings is 1. The zero-order valence-electron chi connectivity index (χ0n) is 12.0. The smallest absolute Gasteiger partial charge is 0.168 e. The van der Waals surface area contributed by atoms with Crippen LogP contribution in [0.15, 0.2) is 36.4 Å². The minimum atomic E-state index is -1.24. The van der Waals surface area contributed by atoms with Crippen LogP contribution >= 0.6 is 0 Å². The molecule has 0 radical (unpaired) electrons. The summed E-state index contributed by atoms with van der Waals surface area (Å²) in [6.45, 7) is 3.05. The maximum Gasteiger partial charge on any atom is 0.168 e. The third-order valence-electron chi connectivity index (χ3n) is 4.01. The average molecular weight is 286 g/mol. The highest BCUT2D eigenvalue weighted by atomic mass is 16.3. The molecule has 21 heavy (non-hydrogen) atoms. The minimum absolute atomic E-state index is 0.302. The molecule has 0 amide bonds. The van der Waals surface area contributed by atoms with Crippen LogP contribution in [0.2, 0.25) is 0 Å². The number of hydrogen-bond donors (Lipinski definition) is 1. The largest absolute Gasteiger partial charge is 0.391 e. The lowest BCUT2D eigenvalue weighted by Crippen LogP contribution is -2.51. The first-order chi connectivity index (χ1) is 9.93. The van der Waals surface area contributed by atoms with Gasteiger partial charge < -0.3 is 5.11 Å². The van der Waals surface area contributed by atoms with Gasteiger partial charge in [0, 0.05) is 5.92 Å². The molecule has 0 bridgehead atoms. The molecular formula is C17H18O4. The normalized spacial score (nSPS) is 29.9. The summed E-state index contributed by atoms with van der Waals surface area (Å²) in [6, 6.07) is 9.21. The molecule has 0 aliphatic heterocycles. The molecule has 1 N–H and O–H groups in total. The van der Waals surface area contributed by atoms with E-state index in [2.05, 4.69) is 0 Å². The van der Waals surface area contributed by atoms with Crippen LogP contribution < -0.4 is 0 Å². The number of aliphatic hydroxyl groups excluding tert-OH is 1. The van der Waals surface area contributed by atoms with Crippen LogP contribution in [0.25, 0.3) is 6.08 Å². The average Bonchev–Trinajstić information content (AvgIpc) is 2.50. The predicted octanol–water partition coefficient (Wildman–Crippen LogP) is 1.67. The number of carbonyl (C=O) groups is 3. The molecule has 1 saturated carbocycles. The second kappa shape index (κ2) is 6.14. The molecule has 0 aromatic heterocycles. The zero-order chi connectivity index (χ0) is 15.6. The van der Waals surface area contributed by atoms with Crippen molar-refractivity contribution < 1.29 is 19.5 Å². The van der Waals surface area contributed by atoms with Crippen LogP contribution in [0.4, 0.5) is 0 Å². The fraction of sp³-hybridized carbons (Fsp3) is 0.353. The lowest BCUT2D eigenvalue weighted by Gasteiger charge is -2.32. The van der Waals surface area contributed by atoms with Crippen molar-refractivity contribution in [2.45, 2.75) is 20.0 Å². The van der Waals surface area contributed by atoms with Crippen molar-refractivity contribution >= 4 is 23.4 Å². The molecule has 4 nitrogen and oxygen atoms in total. The van der Waals surface area contributed by atoms with E-state index < -0.39 is 35.4 Å². The predicted molar refractivity (Wildman–Crippen MR) is 78.3 cm³/mol. The Hall–Kier alpha value is -2.07. The molecule has 1 aromatic rings. The van der Waals surface area contributed by atoms with Gasteiger partial charge >= 0.3 is 0 Å². The van der Waals surface area contributed by atoms with Crippen LogP contribution in [0, 0.1) is 17.8 Å². The van der Waals surface area contributed by atoms with Gasteiger partial charge in [0.1, 0.15) is 11.7 Å². The van der Waals surface area contributed by atoms with Crippen molar-refractivity contribution in [2.24, 2.45) is 17.8 Å². The Morgan fingerprint density at radius 1 is 1.10 bits per heavy atom. The molecule has 1 fully saturated rings. The Labute approximate surface area is 123 Å². The van der Waals surface area contributed by atoms with Crippen molar-refractivity contribution in [3.8, 4) is 0 Å². The maximum atomic E-state index is 12.2. The monoisotopic (exact) mass is 286 g/mol. The highest BCUT2D eigenvalue weighted by molar-refractivity contribution is 6.17. The van der Waals surface area contributed by atoms with Gasteiger partial charge in [-0.1, -0.05) is 43.3 Å². The summed E-state index contributed by atoms with van der Waals surface area (Å²) in [5.41, 5.74) is 0.834. The Morgan fingerprint density at radius 2 is 1.71 bits per heavy atom. The van der Waals surface area contributed by atoms with Gasteiger partial charge in [0.05, 0.1) is 12.0 Å². The summed E-state index contributed by atoms with van der Waals surface area (Å²) in [5.74, 6) is -3.92. The molecule has 4 heteroatoms. The topological polar surface area (TPSA) is 71.4 Å². The van der Waals surface area contributed by atoms with Crippen molar-refractivity contribution in [3.05, 3.63) is 42.0 Å². The van der Waals surface area contributed by atoms with E-state index in [1.807, 2.05) is 30.3 Å². The van der Waals surface area contributed by atoms with Gasteiger partial charge in [0.15, 0.2) is 11.6 Å². The molecule has 110 valence electrons. The molecular weight excluding hydrogens is 268 g/mol. The van der Waals surface area contributed by atoms with Crippen molar-refractivity contribution in [2.75, 3.05) is 0 Å². The summed E-state index contributed by atoms with van der Waals surface area (Å²) in [5, 5.41) is 10.1. The first-order valence-electron chi connectivity index (χ1n) is 6.96. The van der Waals surface area contributed by atoms with Crippen molar-refractivity contribution in [1.82, 2.24) is 0 Å². The zero-order valence-corrected chi connectivity index (χ0v) is 12.0. The standard InChI is InChI=1S/C17H18O4/c1-10-15(19)11(2)17(21)14(16(10)20)13(18)9-8-12-6-4-3-5-7-12/h3-11,14,16,20H,1-2H3. The number of Topliss-reactive ketones (excluding diaryl/α,β-unsaturated/α-hetero) is 2. The number of ketones is 3. The number of allylic oxidation sites excluding steroid dienone is 1. The summed E-state index contributed by atoms with van der Waals surface area (Å²) in [7, 11) is 0. The van der Waals surface area contributed by atoms with Gasteiger partial charge in [-0.05, 0) is 18.6 Å². The molecule has 2 rings (SSSR count). The molecule has 0 saturated heterocycles. The van der Waals surface area contributed by atoms with Gasteiger partial charge in [-0.15, -0.1) is 0 Å². The lowest BCUT2D eigenvalue weighted by molar-refractivity contribution is -0.151. The maximum absolute atomic E-state index is 12.2. The fourth-order valence-corrected chi connectivity index (χ4v) is 2.58. The summed E-state index contributed by atoms with van der Waals surface area (Å²) in [4.78, 5) is 36.1. The highest BCUT2D eigenvalue weighted by Crippen LogP contribution is 2.29. The van der Waals surface area contributed by atoms with Gasteiger partial charge in [-0.3, -0.25) is 14.4 Å². The van der Waals surface area contributed by atoms with Crippen LogP contribution in [0.3, 0.4) is 0 Å². The molecule has 4 unspecified atom stereocenters. The van der Waals surface area contributed by atoms with Gasteiger partial charge in [0.25, 0.3) is 0 Å². The van der Waals surface area contributed by atoms with Gasteiger partial charge in [0.2, 0.25) is 0 Å². The Balaban J connectivity index is 2.20. The number of hydrogen-bond acceptors (Lipinski definition) is 4. The Bertz CT molecular complexity index is 588.